The molecule has 2 aromatic carbocycles. The first-order valence-electron chi connectivity index (χ1n) is 12.5. The third kappa shape index (κ3) is 5.05. The minimum absolute atomic E-state index is 0.304. The summed E-state index contributed by atoms with van der Waals surface area (Å²) in [6.45, 7) is 3.89. The molecule has 1 amide bonds. The molecule has 0 atom stereocenters. The van der Waals surface area contributed by atoms with Crippen molar-refractivity contribution in [3.63, 3.8) is 0 Å². The van der Waals surface area contributed by atoms with Gasteiger partial charge in [-0.15, -0.1) is 0 Å². The van der Waals surface area contributed by atoms with Gasteiger partial charge in [-0.3, -0.25) is 14.9 Å². The summed E-state index contributed by atoms with van der Waals surface area (Å²) in [5.74, 6) is 1.98. The lowest BCUT2D eigenvalue weighted by Gasteiger charge is -2.33. The lowest BCUT2D eigenvalue weighted by Crippen LogP contribution is -2.44. The molecule has 1 saturated heterocycles. The maximum Gasteiger partial charge on any atom is 0.276 e. The summed E-state index contributed by atoms with van der Waals surface area (Å²) in [6, 6.07) is 21.1. The van der Waals surface area contributed by atoms with E-state index in [1.54, 1.807) is 18.6 Å². The smallest absolute Gasteiger partial charge is 0.276 e. The number of carbonyl (C=O) groups is 1. The number of likely N-dealkylation sites (N-methyl/N-ethyl adjacent to an activating group) is 1. The number of anilines is 2. The Morgan fingerprint density at radius 3 is 2.53 bits per heavy atom. The molecule has 1 fully saturated rings. The zero-order chi connectivity index (χ0) is 25.9. The van der Waals surface area contributed by atoms with Crippen LogP contribution in [0.1, 0.15) is 10.5 Å². The molecule has 1 aliphatic rings. The minimum atomic E-state index is -0.304. The quantitative estimate of drug-likeness (QED) is 0.341. The summed E-state index contributed by atoms with van der Waals surface area (Å²) < 4.78 is 5.94. The number of nitrogens with one attached hydrogen (secondary N) is 2. The fraction of sp³-hybridized carbons (Fsp3) is 0.172. The number of piperazine rings is 1. The predicted octanol–water partition coefficient (Wildman–Crippen LogP) is 4.82. The second-order valence-electron chi connectivity index (χ2n) is 9.31. The maximum absolute atomic E-state index is 13.1. The van der Waals surface area contributed by atoms with Crippen molar-refractivity contribution >= 4 is 28.3 Å². The summed E-state index contributed by atoms with van der Waals surface area (Å²) in [6.07, 6.45) is 5.14. The van der Waals surface area contributed by atoms with E-state index < -0.39 is 0 Å². The van der Waals surface area contributed by atoms with Crippen LogP contribution in [0.4, 0.5) is 11.5 Å². The molecule has 0 saturated carbocycles. The van der Waals surface area contributed by atoms with Crippen molar-refractivity contribution in [1.82, 2.24) is 25.1 Å². The summed E-state index contributed by atoms with van der Waals surface area (Å²) in [5, 5.41) is 10.9. The molecule has 0 spiro atoms. The van der Waals surface area contributed by atoms with E-state index >= 15 is 0 Å². The highest BCUT2D eigenvalue weighted by Gasteiger charge is 2.18. The van der Waals surface area contributed by atoms with Crippen LogP contribution in [0, 0.1) is 0 Å². The number of benzene rings is 2. The number of nitrogens with zero attached hydrogens (tertiary/aromatic N) is 5. The van der Waals surface area contributed by atoms with Crippen LogP contribution >= 0.6 is 0 Å². The zero-order valence-electron chi connectivity index (χ0n) is 21.0. The number of aromatic amines is 1. The van der Waals surface area contributed by atoms with Gasteiger partial charge in [0.15, 0.2) is 5.69 Å². The Morgan fingerprint density at radius 1 is 0.895 bits per heavy atom. The van der Waals surface area contributed by atoms with E-state index in [1.807, 2.05) is 66.7 Å². The number of para-hydroxylation sites is 1. The maximum atomic E-state index is 13.1. The van der Waals surface area contributed by atoms with Gasteiger partial charge in [-0.25, -0.2) is 4.98 Å². The SMILES string of the molecule is CN1CCN(c2ccc(NC(=O)c3n[nH]c4ccc(-c5cncc(Oc6ccccc6)c5)cc34)cn2)CC1. The molecule has 4 heterocycles. The van der Waals surface area contributed by atoms with Crippen molar-refractivity contribution in [3.05, 3.63) is 91.0 Å². The molecule has 1 aliphatic heterocycles. The molecular formula is C29H27N7O2. The molecule has 5 aromatic rings. The van der Waals surface area contributed by atoms with E-state index in [0.29, 0.717) is 17.1 Å². The van der Waals surface area contributed by atoms with Crippen LogP contribution in [0.5, 0.6) is 11.5 Å². The van der Waals surface area contributed by atoms with Gasteiger partial charge in [0.1, 0.15) is 17.3 Å². The molecule has 0 unspecified atom stereocenters. The normalized spacial score (nSPS) is 14.0. The van der Waals surface area contributed by atoms with E-state index in [9.17, 15) is 4.79 Å². The molecule has 0 aliphatic carbocycles. The highest BCUT2D eigenvalue weighted by molar-refractivity contribution is 6.11. The average Bonchev–Trinajstić information content (AvgIpc) is 3.38. The fourth-order valence-electron chi connectivity index (χ4n) is 4.50. The van der Waals surface area contributed by atoms with Crippen LogP contribution in [0.2, 0.25) is 0 Å². The number of pyridine rings is 2. The number of fused-ring (bicyclic) bond motifs is 1. The molecule has 3 aromatic heterocycles. The molecule has 6 rings (SSSR count). The monoisotopic (exact) mass is 505 g/mol. The molecule has 0 radical (unpaired) electrons. The van der Waals surface area contributed by atoms with Crippen LogP contribution in [0.15, 0.2) is 85.3 Å². The van der Waals surface area contributed by atoms with Gasteiger partial charge in [0.2, 0.25) is 0 Å². The average molecular weight is 506 g/mol. The van der Waals surface area contributed by atoms with Gasteiger partial charge in [0.05, 0.1) is 23.6 Å². The highest BCUT2D eigenvalue weighted by atomic mass is 16.5. The van der Waals surface area contributed by atoms with Crippen molar-refractivity contribution in [1.29, 1.82) is 0 Å². The number of hydrogen-bond donors (Lipinski definition) is 2. The van der Waals surface area contributed by atoms with Gasteiger partial charge < -0.3 is 19.9 Å². The lowest BCUT2D eigenvalue weighted by molar-refractivity contribution is 0.102. The Labute approximate surface area is 220 Å². The zero-order valence-corrected chi connectivity index (χ0v) is 21.0. The standard InChI is InChI=1S/C29H27N7O2/c1-35-11-13-36(14-12-35)27-10-8-22(18-31-27)32-29(37)28-25-16-20(7-9-26(25)33-34-28)21-15-24(19-30-17-21)38-23-5-3-2-4-6-23/h2-10,15-19H,11-14H2,1H3,(H,32,37)(H,33,34). The Morgan fingerprint density at radius 2 is 1.74 bits per heavy atom. The van der Waals surface area contributed by atoms with Gasteiger partial charge in [0, 0.05) is 43.3 Å². The fourth-order valence-corrected chi connectivity index (χ4v) is 4.50. The third-order valence-corrected chi connectivity index (χ3v) is 6.64. The number of hydrogen-bond acceptors (Lipinski definition) is 7. The molecule has 190 valence electrons. The van der Waals surface area contributed by atoms with E-state index in [-0.39, 0.29) is 5.91 Å². The number of H-pyrrole nitrogens is 1. The number of rotatable bonds is 6. The van der Waals surface area contributed by atoms with Gasteiger partial charge in [0.25, 0.3) is 5.91 Å². The van der Waals surface area contributed by atoms with E-state index in [4.69, 9.17) is 4.74 Å². The summed E-state index contributed by atoms with van der Waals surface area (Å²) in [4.78, 5) is 26.6. The van der Waals surface area contributed by atoms with Gasteiger partial charge in [-0.05, 0) is 55.1 Å². The summed E-state index contributed by atoms with van der Waals surface area (Å²) >= 11 is 0. The molecular weight excluding hydrogens is 478 g/mol. The Bertz CT molecular complexity index is 1560. The first-order chi connectivity index (χ1) is 18.6. The van der Waals surface area contributed by atoms with Gasteiger partial charge in [-0.2, -0.15) is 5.10 Å². The Balaban J connectivity index is 1.20. The third-order valence-electron chi connectivity index (χ3n) is 6.64. The molecule has 0 bridgehead atoms. The van der Waals surface area contributed by atoms with Crippen LogP contribution in [0.3, 0.4) is 0 Å². The summed E-state index contributed by atoms with van der Waals surface area (Å²) in [5.41, 5.74) is 3.48. The van der Waals surface area contributed by atoms with Crippen molar-refractivity contribution in [2.24, 2.45) is 0 Å². The van der Waals surface area contributed by atoms with Crippen molar-refractivity contribution in [3.8, 4) is 22.6 Å². The lowest BCUT2D eigenvalue weighted by atomic mass is 10.0. The Kier molecular flexibility index (Phi) is 6.41. The van der Waals surface area contributed by atoms with E-state index in [0.717, 1.165) is 59.8 Å². The molecule has 38 heavy (non-hydrogen) atoms. The number of amides is 1. The summed E-state index contributed by atoms with van der Waals surface area (Å²) in [7, 11) is 2.12. The second-order valence-corrected chi connectivity index (χ2v) is 9.31. The first kappa shape index (κ1) is 23.6. The second kappa shape index (κ2) is 10.3. The van der Waals surface area contributed by atoms with Crippen LogP contribution in [0.25, 0.3) is 22.0 Å². The van der Waals surface area contributed by atoms with Crippen LogP contribution in [-0.4, -0.2) is 64.2 Å². The highest BCUT2D eigenvalue weighted by Crippen LogP contribution is 2.29. The van der Waals surface area contributed by atoms with E-state index in [2.05, 4.69) is 42.3 Å². The Hall–Kier alpha value is -4.76. The van der Waals surface area contributed by atoms with Crippen molar-refractivity contribution in [2.75, 3.05) is 43.4 Å². The van der Waals surface area contributed by atoms with Crippen LogP contribution in [-0.2, 0) is 0 Å². The van der Waals surface area contributed by atoms with Gasteiger partial charge >= 0.3 is 0 Å². The predicted molar refractivity (Wildman–Crippen MR) is 148 cm³/mol. The number of carbonyl (C=O) groups excluding carboxylic acids is 1. The first-order valence-corrected chi connectivity index (χ1v) is 12.5. The molecule has 2 N–H and O–H groups in total. The molecule has 9 nitrogen and oxygen atoms in total. The minimum Gasteiger partial charge on any atom is -0.456 e. The number of ether oxygens (including phenoxy) is 1. The topological polar surface area (TPSA) is 99.3 Å². The van der Waals surface area contributed by atoms with Gasteiger partial charge in [-0.1, -0.05) is 24.3 Å². The van der Waals surface area contributed by atoms with Crippen molar-refractivity contribution in [2.45, 2.75) is 0 Å². The van der Waals surface area contributed by atoms with E-state index in [1.165, 1.54) is 0 Å². The molecule has 9 heteroatoms. The van der Waals surface area contributed by atoms with Crippen LogP contribution < -0.4 is 15.0 Å². The van der Waals surface area contributed by atoms with Crippen molar-refractivity contribution < 1.29 is 9.53 Å². The number of aromatic nitrogens is 4. The largest absolute Gasteiger partial charge is 0.456 e.